The fraction of sp³-hybridized carbons (Fsp3) is 0.364. The molecule has 0 atom stereocenters. The average Bonchev–Trinajstić information content (AvgIpc) is 2.89. The van der Waals surface area contributed by atoms with Crippen molar-refractivity contribution in [3.05, 3.63) is 35.4 Å². The number of rotatable bonds is 3. The Labute approximate surface area is 72.4 Å². The maximum Gasteiger partial charge on any atom is 0.203 e. The van der Waals surface area contributed by atoms with Crippen molar-refractivity contribution in [1.82, 2.24) is 0 Å². The minimum Gasteiger partial charge on any atom is -0.291 e. The first kappa shape index (κ1) is 7.53. The van der Waals surface area contributed by atoms with Crippen LogP contribution in [-0.4, -0.2) is 6.29 Å². The van der Waals surface area contributed by atoms with Crippen LogP contribution in [0.5, 0.6) is 0 Å². The summed E-state index contributed by atoms with van der Waals surface area (Å²) in [5, 5.41) is 0. The van der Waals surface area contributed by atoms with Crippen LogP contribution in [0.25, 0.3) is 0 Å². The summed E-state index contributed by atoms with van der Waals surface area (Å²) in [5.41, 5.74) is 2.52. The first-order chi connectivity index (χ1) is 5.92. The topological polar surface area (TPSA) is 17.1 Å². The van der Waals surface area contributed by atoms with Crippen molar-refractivity contribution in [3.8, 4) is 0 Å². The van der Waals surface area contributed by atoms with Gasteiger partial charge in [-0.15, -0.1) is 0 Å². The van der Waals surface area contributed by atoms with Gasteiger partial charge >= 0.3 is 0 Å². The Morgan fingerprint density at radius 3 is 2.75 bits per heavy atom. The molecule has 0 amide bonds. The maximum absolute atomic E-state index is 10.2. The van der Waals surface area contributed by atoms with Gasteiger partial charge in [-0.1, -0.05) is 24.3 Å². The Balaban J connectivity index is 2.29. The average molecular weight is 159 g/mol. The number of carbonyl (C=O) groups excluding carboxylic acids is 1. The quantitative estimate of drug-likeness (QED) is 0.660. The van der Waals surface area contributed by atoms with Crippen LogP contribution in [0.1, 0.15) is 29.9 Å². The lowest BCUT2D eigenvalue weighted by Gasteiger charge is -2.03. The van der Waals surface area contributed by atoms with Crippen LogP contribution in [0.15, 0.2) is 24.3 Å². The molecule has 0 bridgehead atoms. The van der Waals surface area contributed by atoms with E-state index in [0.29, 0.717) is 6.42 Å². The molecule has 0 saturated heterocycles. The SMILES string of the molecule is O=[C]Cc1ccccc1C1CC1. The van der Waals surface area contributed by atoms with Crippen molar-refractivity contribution < 1.29 is 4.79 Å². The highest BCUT2D eigenvalue weighted by Crippen LogP contribution is 2.41. The lowest BCUT2D eigenvalue weighted by molar-refractivity contribution is 0.555. The summed E-state index contributed by atoms with van der Waals surface area (Å²) in [6, 6.07) is 8.18. The van der Waals surface area contributed by atoms with Gasteiger partial charge in [0.05, 0.1) is 0 Å². The van der Waals surface area contributed by atoms with Crippen LogP contribution >= 0.6 is 0 Å². The number of benzene rings is 1. The van der Waals surface area contributed by atoms with E-state index in [4.69, 9.17) is 0 Å². The van der Waals surface area contributed by atoms with E-state index in [1.54, 1.807) is 0 Å². The Bertz CT molecular complexity index is 287. The smallest absolute Gasteiger partial charge is 0.203 e. The van der Waals surface area contributed by atoms with Gasteiger partial charge in [0.2, 0.25) is 6.29 Å². The van der Waals surface area contributed by atoms with Crippen LogP contribution in [0.3, 0.4) is 0 Å². The van der Waals surface area contributed by atoms with E-state index in [2.05, 4.69) is 6.07 Å². The van der Waals surface area contributed by atoms with Gasteiger partial charge in [-0.05, 0) is 29.9 Å². The molecule has 1 fully saturated rings. The third kappa shape index (κ3) is 1.40. The van der Waals surface area contributed by atoms with Gasteiger partial charge < -0.3 is 0 Å². The predicted octanol–water partition coefficient (Wildman–Crippen LogP) is 2.22. The zero-order valence-corrected chi connectivity index (χ0v) is 6.92. The minimum atomic E-state index is 0.451. The summed E-state index contributed by atoms with van der Waals surface area (Å²) in [7, 11) is 0. The Morgan fingerprint density at radius 1 is 1.33 bits per heavy atom. The zero-order chi connectivity index (χ0) is 8.39. The summed E-state index contributed by atoms with van der Waals surface area (Å²) in [6.45, 7) is 0. The number of hydrogen-bond acceptors (Lipinski definition) is 1. The highest BCUT2D eigenvalue weighted by Gasteiger charge is 2.25. The fourth-order valence-corrected chi connectivity index (χ4v) is 1.57. The van der Waals surface area contributed by atoms with E-state index in [-0.39, 0.29) is 0 Å². The zero-order valence-electron chi connectivity index (χ0n) is 6.92. The molecular weight excluding hydrogens is 148 g/mol. The van der Waals surface area contributed by atoms with Crippen LogP contribution in [-0.2, 0) is 11.2 Å². The maximum atomic E-state index is 10.2. The molecule has 0 aliphatic heterocycles. The van der Waals surface area contributed by atoms with Gasteiger partial charge in [0.1, 0.15) is 0 Å². The van der Waals surface area contributed by atoms with Crippen molar-refractivity contribution in [1.29, 1.82) is 0 Å². The first-order valence-electron chi connectivity index (χ1n) is 4.34. The summed E-state index contributed by atoms with van der Waals surface area (Å²) in [6.07, 6.45) is 4.98. The minimum absolute atomic E-state index is 0.451. The van der Waals surface area contributed by atoms with Crippen LogP contribution in [0.4, 0.5) is 0 Å². The molecule has 1 heteroatoms. The molecule has 0 aromatic heterocycles. The van der Waals surface area contributed by atoms with E-state index >= 15 is 0 Å². The lowest BCUT2D eigenvalue weighted by atomic mass is 10.0. The molecule has 61 valence electrons. The molecule has 1 aromatic rings. The lowest BCUT2D eigenvalue weighted by Crippen LogP contribution is -1.92. The molecule has 0 N–H and O–H groups in total. The molecule has 12 heavy (non-hydrogen) atoms. The monoisotopic (exact) mass is 159 g/mol. The van der Waals surface area contributed by atoms with Gasteiger partial charge in [0.25, 0.3) is 0 Å². The van der Waals surface area contributed by atoms with Gasteiger partial charge in [-0.3, -0.25) is 4.79 Å². The molecule has 0 unspecified atom stereocenters. The van der Waals surface area contributed by atoms with E-state index in [9.17, 15) is 4.79 Å². The van der Waals surface area contributed by atoms with Gasteiger partial charge in [0, 0.05) is 6.42 Å². The molecule has 0 spiro atoms. The van der Waals surface area contributed by atoms with Crippen molar-refractivity contribution in [2.75, 3.05) is 0 Å². The summed E-state index contributed by atoms with van der Waals surface area (Å²) >= 11 is 0. The summed E-state index contributed by atoms with van der Waals surface area (Å²) < 4.78 is 0. The van der Waals surface area contributed by atoms with Crippen molar-refractivity contribution in [2.24, 2.45) is 0 Å². The van der Waals surface area contributed by atoms with Crippen molar-refractivity contribution in [2.45, 2.75) is 25.2 Å². The Kier molecular flexibility index (Phi) is 1.94. The van der Waals surface area contributed by atoms with E-state index in [0.717, 1.165) is 11.5 Å². The predicted molar refractivity (Wildman–Crippen MR) is 47.8 cm³/mol. The Morgan fingerprint density at radius 2 is 2.08 bits per heavy atom. The molecule has 1 saturated carbocycles. The highest BCUT2D eigenvalue weighted by molar-refractivity contribution is 5.57. The van der Waals surface area contributed by atoms with Gasteiger partial charge in [-0.25, -0.2) is 0 Å². The second kappa shape index (κ2) is 3.10. The molecule has 1 aliphatic carbocycles. The first-order valence-corrected chi connectivity index (χ1v) is 4.34. The molecule has 1 aromatic carbocycles. The molecule has 1 radical (unpaired) electrons. The van der Waals surface area contributed by atoms with Crippen molar-refractivity contribution in [3.63, 3.8) is 0 Å². The molecule has 2 rings (SSSR count). The summed E-state index contributed by atoms with van der Waals surface area (Å²) in [4.78, 5) is 10.2. The standard InChI is InChI=1S/C11H11O/c12-8-7-9-3-1-2-4-11(9)10-5-6-10/h1-4,10H,5-7H2. The van der Waals surface area contributed by atoms with E-state index < -0.39 is 0 Å². The third-order valence-electron chi connectivity index (χ3n) is 2.33. The van der Waals surface area contributed by atoms with Crippen molar-refractivity contribution >= 4 is 6.29 Å². The van der Waals surface area contributed by atoms with Crippen LogP contribution < -0.4 is 0 Å². The highest BCUT2D eigenvalue weighted by atomic mass is 16.1. The molecule has 1 nitrogen and oxygen atoms in total. The fourth-order valence-electron chi connectivity index (χ4n) is 1.57. The molecular formula is C11H11O. The van der Waals surface area contributed by atoms with Crippen LogP contribution in [0.2, 0.25) is 0 Å². The third-order valence-corrected chi connectivity index (χ3v) is 2.33. The van der Waals surface area contributed by atoms with E-state index in [1.807, 2.05) is 24.5 Å². The van der Waals surface area contributed by atoms with Crippen LogP contribution in [0, 0.1) is 0 Å². The largest absolute Gasteiger partial charge is 0.291 e. The second-order valence-electron chi connectivity index (χ2n) is 3.29. The Hall–Kier alpha value is -1.11. The summed E-state index contributed by atoms with van der Waals surface area (Å²) in [5.74, 6) is 0.731. The molecule has 1 aliphatic rings. The normalized spacial score (nSPS) is 16.0. The van der Waals surface area contributed by atoms with E-state index in [1.165, 1.54) is 18.4 Å². The second-order valence-corrected chi connectivity index (χ2v) is 3.29. The van der Waals surface area contributed by atoms with Gasteiger partial charge in [0.15, 0.2) is 0 Å². The molecule has 0 heterocycles. The van der Waals surface area contributed by atoms with Gasteiger partial charge in [-0.2, -0.15) is 0 Å². The number of hydrogen-bond donors (Lipinski definition) is 0.